The molecule has 1 aliphatic heterocycles. The molecule has 1 aliphatic rings. The molecule has 0 atom stereocenters. The molecule has 1 heterocycles. The minimum absolute atomic E-state index is 0.238. The lowest BCUT2D eigenvalue weighted by atomic mass is 10.1. The molecule has 1 aromatic carbocycles. The zero-order valence-corrected chi connectivity index (χ0v) is 13.0. The van der Waals surface area contributed by atoms with Crippen molar-refractivity contribution in [3.8, 4) is 0 Å². The molecule has 0 saturated carbocycles. The molecule has 0 bridgehead atoms. The first-order chi connectivity index (χ1) is 8.85. The van der Waals surface area contributed by atoms with Gasteiger partial charge in [0, 0.05) is 23.2 Å². The number of amides is 1. The molecule has 104 valence electrons. The fourth-order valence-corrected chi connectivity index (χ4v) is 2.24. The summed E-state index contributed by atoms with van der Waals surface area (Å²) in [5, 5.41) is 3.40. The molecule has 0 spiro atoms. The van der Waals surface area contributed by atoms with Crippen molar-refractivity contribution in [2.75, 3.05) is 18.4 Å². The van der Waals surface area contributed by atoms with Gasteiger partial charge in [0.25, 0.3) is 0 Å². The highest BCUT2D eigenvalue weighted by atomic mass is 79.9. The number of halogens is 1. The van der Waals surface area contributed by atoms with Crippen molar-refractivity contribution < 1.29 is 9.53 Å². The van der Waals surface area contributed by atoms with E-state index >= 15 is 0 Å². The molecule has 5 heteroatoms. The number of carbonyl (C=O) groups excluding carboxylic acids is 1. The van der Waals surface area contributed by atoms with Crippen LogP contribution in [0.15, 0.2) is 28.7 Å². The van der Waals surface area contributed by atoms with Gasteiger partial charge in [-0.3, -0.25) is 0 Å². The van der Waals surface area contributed by atoms with Gasteiger partial charge in [-0.15, -0.1) is 0 Å². The Morgan fingerprint density at radius 3 is 2.58 bits per heavy atom. The third kappa shape index (κ3) is 3.86. The average molecular weight is 327 g/mol. The lowest BCUT2D eigenvalue weighted by Crippen LogP contribution is -2.57. The quantitative estimate of drug-likeness (QED) is 0.904. The minimum atomic E-state index is -0.432. The highest BCUT2D eigenvalue weighted by molar-refractivity contribution is 9.10. The summed E-state index contributed by atoms with van der Waals surface area (Å²) in [7, 11) is 0. The van der Waals surface area contributed by atoms with E-state index in [1.54, 1.807) is 4.90 Å². The molecule has 0 radical (unpaired) electrons. The van der Waals surface area contributed by atoms with Gasteiger partial charge in [0.15, 0.2) is 0 Å². The number of hydrogen-bond donors (Lipinski definition) is 1. The Kier molecular flexibility index (Phi) is 4.04. The number of nitrogens with one attached hydrogen (secondary N) is 1. The standard InChI is InChI=1S/C14H19BrN2O2/c1-14(2,3)19-13(18)17-8-10(9-17)16-12-7-5-4-6-11(12)15/h4-7,10,16H,8-9H2,1-3H3. The number of carbonyl (C=O) groups is 1. The summed E-state index contributed by atoms with van der Waals surface area (Å²) in [5.74, 6) is 0. The van der Waals surface area contributed by atoms with E-state index in [1.165, 1.54) is 0 Å². The maximum absolute atomic E-state index is 11.8. The van der Waals surface area contributed by atoms with E-state index in [0.717, 1.165) is 10.2 Å². The molecule has 1 amide bonds. The largest absolute Gasteiger partial charge is 0.444 e. The predicted molar refractivity (Wildman–Crippen MR) is 79.4 cm³/mol. The van der Waals surface area contributed by atoms with Crippen LogP contribution in [-0.4, -0.2) is 35.7 Å². The number of ether oxygens (including phenoxy) is 1. The summed E-state index contributed by atoms with van der Waals surface area (Å²) in [6, 6.07) is 8.25. The molecular formula is C14H19BrN2O2. The maximum atomic E-state index is 11.8. The summed E-state index contributed by atoms with van der Waals surface area (Å²) in [5.41, 5.74) is 0.620. The third-order valence-corrected chi connectivity index (χ3v) is 3.46. The molecule has 1 aromatic rings. The Labute approximate surface area is 122 Å². The second-order valence-electron chi connectivity index (χ2n) is 5.71. The van der Waals surface area contributed by atoms with Crippen LogP contribution in [0.3, 0.4) is 0 Å². The molecule has 1 fully saturated rings. The first kappa shape index (κ1) is 14.2. The monoisotopic (exact) mass is 326 g/mol. The predicted octanol–water partition coefficient (Wildman–Crippen LogP) is 3.48. The molecule has 19 heavy (non-hydrogen) atoms. The second kappa shape index (κ2) is 5.41. The van der Waals surface area contributed by atoms with Crippen molar-refractivity contribution in [1.82, 2.24) is 4.90 Å². The van der Waals surface area contributed by atoms with Gasteiger partial charge >= 0.3 is 6.09 Å². The zero-order valence-electron chi connectivity index (χ0n) is 11.4. The van der Waals surface area contributed by atoms with Crippen LogP contribution in [0.2, 0.25) is 0 Å². The fourth-order valence-electron chi connectivity index (χ4n) is 1.84. The van der Waals surface area contributed by atoms with Gasteiger partial charge in [-0.25, -0.2) is 4.79 Å². The van der Waals surface area contributed by atoms with Crippen LogP contribution in [-0.2, 0) is 4.74 Å². The van der Waals surface area contributed by atoms with Crippen LogP contribution < -0.4 is 5.32 Å². The van der Waals surface area contributed by atoms with Crippen molar-refractivity contribution in [2.45, 2.75) is 32.4 Å². The smallest absolute Gasteiger partial charge is 0.410 e. The maximum Gasteiger partial charge on any atom is 0.410 e. The van der Waals surface area contributed by atoms with Crippen LogP contribution in [0.5, 0.6) is 0 Å². The number of likely N-dealkylation sites (tertiary alicyclic amines) is 1. The lowest BCUT2D eigenvalue weighted by molar-refractivity contribution is 0.0105. The number of para-hydroxylation sites is 1. The Bertz CT molecular complexity index is 465. The summed E-state index contributed by atoms with van der Waals surface area (Å²) >= 11 is 3.49. The van der Waals surface area contributed by atoms with E-state index in [2.05, 4.69) is 21.2 Å². The number of benzene rings is 1. The van der Waals surface area contributed by atoms with Crippen molar-refractivity contribution >= 4 is 27.7 Å². The summed E-state index contributed by atoms with van der Waals surface area (Å²) in [6.45, 7) is 6.98. The molecule has 0 aliphatic carbocycles. The average Bonchev–Trinajstić information content (AvgIpc) is 2.22. The Balaban J connectivity index is 1.81. The molecule has 4 nitrogen and oxygen atoms in total. The Hall–Kier alpha value is -1.23. The van der Waals surface area contributed by atoms with Crippen molar-refractivity contribution in [2.24, 2.45) is 0 Å². The van der Waals surface area contributed by atoms with Crippen LogP contribution in [0, 0.1) is 0 Å². The third-order valence-electron chi connectivity index (χ3n) is 2.77. The van der Waals surface area contributed by atoms with Crippen LogP contribution in [0.1, 0.15) is 20.8 Å². The minimum Gasteiger partial charge on any atom is -0.444 e. The number of hydrogen-bond acceptors (Lipinski definition) is 3. The molecule has 2 rings (SSSR count). The SMILES string of the molecule is CC(C)(C)OC(=O)N1CC(Nc2ccccc2Br)C1. The number of anilines is 1. The summed E-state index contributed by atoms with van der Waals surface area (Å²) in [4.78, 5) is 13.5. The van der Waals surface area contributed by atoms with Crippen LogP contribution in [0.4, 0.5) is 10.5 Å². The van der Waals surface area contributed by atoms with E-state index in [4.69, 9.17) is 4.74 Å². The van der Waals surface area contributed by atoms with Gasteiger partial charge < -0.3 is 15.0 Å². The van der Waals surface area contributed by atoms with Crippen molar-refractivity contribution in [3.63, 3.8) is 0 Å². The van der Waals surface area contributed by atoms with E-state index in [9.17, 15) is 4.79 Å². The molecule has 1 N–H and O–H groups in total. The van der Waals surface area contributed by atoms with E-state index < -0.39 is 5.60 Å². The van der Waals surface area contributed by atoms with Gasteiger partial charge in [-0.1, -0.05) is 12.1 Å². The Morgan fingerprint density at radius 1 is 1.37 bits per heavy atom. The van der Waals surface area contributed by atoms with E-state index in [0.29, 0.717) is 13.1 Å². The molecular weight excluding hydrogens is 308 g/mol. The molecule has 0 aromatic heterocycles. The van der Waals surface area contributed by atoms with Gasteiger partial charge in [0.05, 0.1) is 6.04 Å². The fraction of sp³-hybridized carbons (Fsp3) is 0.500. The first-order valence-electron chi connectivity index (χ1n) is 6.34. The van der Waals surface area contributed by atoms with E-state index in [1.807, 2.05) is 45.0 Å². The van der Waals surface area contributed by atoms with Gasteiger partial charge in [-0.05, 0) is 48.8 Å². The van der Waals surface area contributed by atoms with Gasteiger partial charge in [0.2, 0.25) is 0 Å². The lowest BCUT2D eigenvalue weighted by Gasteiger charge is -2.40. The Morgan fingerprint density at radius 2 is 2.00 bits per heavy atom. The van der Waals surface area contributed by atoms with Crippen molar-refractivity contribution in [1.29, 1.82) is 0 Å². The summed E-state index contributed by atoms with van der Waals surface area (Å²) < 4.78 is 6.35. The topological polar surface area (TPSA) is 41.6 Å². The number of nitrogens with zero attached hydrogens (tertiary/aromatic N) is 1. The first-order valence-corrected chi connectivity index (χ1v) is 7.13. The van der Waals surface area contributed by atoms with Crippen LogP contribution in [0.25, 0.3) is 0 Å². The molecule has 0 unspecified atom stereocenters. The highest BCUT2D eigenvalue weighted by Crippen LogP contribution is 2.24. The zero-order chi connectivity index (χ0) is 14.0. The molecule has 1 saturated heterocycles. The van der Waals surface area contributed by atoms with Crippen molar-refractivity contribution in [3.05, 3.63) is 28.7 Å². The van der Waals surface area contributed by atoms with Gasteiger partial charge in [-0.2, -0.15) is 0 Å². The van der Waals surface area contributed by atoms with Gasteiger partial charge in [0.1, 0.15) is 5.60 Å². The second-order valence-corrected chi connectivity index (χ2v) is 6.56. The number of rotatable bonds is 2. The summed E-state index contributed by atoms with van der Waals surface area (Å²) in [6.07, 6.45) is -0.238. The van der Waals surface area contributed by atoms with Crippen LogP contribution >= 0.6 is 15.9 Å². The highest BCUT2D eigenvalue weighted by Gasteiger charge is 2.33. The van der Waals surface area contributed by atoms with E-state index in [-0.39, 0.29) is 12.1 Å². The normalized spacial score (nSPS) is 15.9.